The van der Waals surface area contributed by atoms with Crippen molar-refractivity contribution in [3.63, 3.8) is 0 Å². The number of para-hydroxylation sites is 1. The van der Waals surface area contributed by atoms with Crippen LogP contribution in [-0.4, -0.2) is 27.3 Å². The Morgan fingerprint density at radius 2 is 1.62 bits per heavy atom. The number of hydrogen-bond acceptors (Lipinski definition) is 4. The van der Waals surface area contributed by atoms with Crippen molar-refractivity contribution in [1.82, 2.24) is 14.9 Å². The standard InChI is InChI=1S/C24H26N4O/c1-3-17-10-7-11-18(4-2)22(17)27-24-25-14-21(15-26-24)23(29)28-13-12-19-8-5-6-9-20(19)16-28/h5-11,14-15H,3-4,12-13,16H2,1-2H3,(H,25,26,27). The number of carbonyl (C=O) groups is 1. The predicted octanol–water partition coefficient (Wildman–Crippen LogP) is 4.54. The Morgan fingerprint density at radius 1 is 0.966 bits per heavy atom. The highest BCUT2D eigenvalue weighted by molar-refractivity contribution is 5.93. The minimum atomic E-state index is -0.0192. The summed E-state index contributed by atoms with van der Waals surface area (Å²) >= 11 is 0. The van der Waals surface area contributed by atoms with Crippen LogP contribution in [0.5, 0.6) is 0 Å². The quantitative estimate of drug-likeness (QED) is 0.699. The molecule has 0 unspecified atom stereocenters. The summed E-state index contributed by atoms with van der Waals surface area (Å²) in [5.74, 6) is 0.496. The molecule has 2 heterocycles. The van der Waals surface area contributed by atoms with Gasteiger partial charge in [0.1, 0.15) is 0 Å². The molecule has 1 N–H and O–H groups in total. The molecule has 2 aromatic carbocycles. The number of hydrogen-bond donors (Lipinski definition) is 1. The smallest absolute Gasteiger partial charge is 0.257 e. The molecule has 0 radical (unpaired) electrons. The first-order valence-electron chi connectivity index (χ1n) is 10.3. The van der Waals surface area contributed by atoms with E-state index in [1.807, 2.05) is 11.0 Å². The van der Waals surface area contributed by atoms with Gasteiger partial charge in [0, 0.05) is 31.2 Å². The second kappa shape index (κ2) is 8.43. The van der Waals surface area contributed by atoms with Crippen molar-refractivity contribution >= 4 is 17.5 Å². The second-order valence-corrected chi connectivity index (χ2v) is 7.32. The molecule has 4 rings (SSSR count). The zero-order valence-electron chi connectivity index (χ0n) is 17.0. The molecule has 0 aliphatic carbocycles. The summed E-state index contributed by atoms with van der Waals surface area (Å²) in [4.78, 5) is 23.6. The van der Waals surface area contributed by atoms with Gasteiger partial charge in [-0.25, -0.2) is 9.97 Å². The van der Waals surface area contributed by atoms with Crippen LogP contribution in [0.4, 0.5) is 11.6 Å². The molecule has 5 heteroatoms. The third-order valence-electron chi connectivity index (χ3n) is 5.55. The summed E-state index contributed by atoms with van der Waals surface area (Å²) in [5.41, 5.74) is 6.61. The average molecular weight is 386 g/mol. The van der Waals surface area contributed by atoms with Gasteiger partial charge >= 0.3 is 0 Å². The predicted molar refractivity (Wildman–Crippen MR) is 115 cm³/mol. The lowest BCUT2D eigenvalue weighted by Crippen LogP contribution is -2.36. The van der Waals surface area contributed by atoms with Gasteiger partial charge in [0.25, 0.3) is 5.91 Å². The number of nitrogens with one attached hydrogen (secondary N) is 1. The number of benzene rings is 2. The number of aromatic nitrogens is 2. The Hall–Kier alpha value is -3.21. The molecule has 0 spiro atoms. The van der Waals surface area contributed by atoms with Crippen LogP contribution in [-0.2, 0) is 25.8 Å². The van der Waals surface area contributed by atoms with Crippen molar-refractivity contribution in [3.8, 4) is 0 Å². The minimum absolute atomic E-state index is 0.0192. The van der Waals surface area contributed by atoms with Gasteiger partial charge in [-0.15, -0.1) is 0 Å². The average Bonchev–Trinajstić information content (AvgIpc) is 2.79. The Kier molecular flexibility index (Phi) is 5.56. The molecule has 0 saturated heterocycles. The SMILES string of the molecule is CCc1cccc(CC)c1Nc1ncc(C(=O)N2CCc3ccccc3C2)cn1. The molecule has 1 aliphatic rings. The van der Waals surface area contributed by atoms with Crippen LogP contribution in [0.15, 0.2) is 54.9 Å². The molecular formula is C24H26N4O. The molecule has 148 valence electrons. The van der Waals surface area contributed by atoms with E-state index >= 15 is 0 Å². The second-order valence-electron chi connectivity index (χ2n) is 7.32. The molecule has 1 aliphatic heterocycles. The first-order valence-corrected chi connectivity index (χ1v) is 10.3. The first-order chi connectivity index (χ1) is 14.2. The molecule has 0 atom stereocenters. The van der Waals surface area contributed by atoms with Crippen LogP contribution in [0.3, 0.4) is 0 Å². The van der Waals surface area contributed by atoms with Gasteiger partial charge < -0.3 is 10.2 Å². The van der Waals surface area contributed by atoms with Crippen LogP contribution in [0, 0.1) is 0 Å². The third kappa shape index (κ3) is 3.99. The summed E-state index contributed by atoms with van der Waals surface area (Å²) in [6, 6.07) is 14.6. The number of anilines is 2. The molecular weight excluding hydrogens is 360 g/mol. The highest BCUT2D eigenvalue weighted by Crippen LogP contribution is 2.25. The summed E-state index contributed by atoms with van der Waals surface area (Å²) in [6.45, 7) is 5.64. The fraction of sp³-hybridized carbons (Fsp3) is 0.292. The molecule has 29 heavy (non-hydrogen) atoms. The third-order valence-corrected chi connectivity index (χ3v) is 5.55. The number of fused-ring (bicyclic) bond motifs is 1. The first kappa shape index (κ1) is 19.1. The van der Waals surface area contributed by atoms with Crippen LogP contribution in [0.25, 0.3) is 0 Å². The van der Waals surface area contributed by atoms with E-state index in [-0.39, 0.29) is 5.91 Å². The highest BCUT2D eigenvalue weighted by atomic mass is 16.2. The maximum atomic E-state index is 12.9. The fourth-order valence-electron chi connectivity index (χ4n) is 3.87. The molecule has 0 fully saturated rings. The van der Waals surface area contributed by atoms with Crippen LogP contribution < -0.4 is 5.32 Å². The molecule has 0 saturated carbocycles. The molecule has 3 aromatic rings. The van der Waals surface area contributed by atoms with Crippen LogP contribution >= 0.6 is 0 Å². The number of nitrogens with zero attached hydrogens (tertiary/aromatic N) is 3. The highest BCUT2D eigenvalue weighted by Gasteiger charge is 2.22. The van der Waals surface area contributed by atoms with Gasteiger partial charge in [-0.3, -0.25) is 4.79 Å². The van der Waals surface area contributed by atoms with Crippen molar-refractivity contribution in [2.24, 2.45) is 0 Å². The fourth-order valence-corrected chi connectivity index (χ4v) is 3.87. The zero-order chi connectivity index (χ0) is 20.2. The van der Waals surface area contributed by atoms with E-state index in [1.54, 1.807) is 12.4 Å². The Morgan fingerprint density at radius 3 is 2.28 bits per heavy atom. The van der Waals surface area contributed by atoms with E-state index in [9.17, 15) is 4.79 Å². The van der Waals surface area contributed by atoms with Crippen molar-refractivity contribution in [2.45, 2.75) is 39.7 Å². The maximum Gasteiger partial charge on any atom is 0.257 e. The lowest BCUT2D eigenvalue weighted by atomic mass is 9.99. The number of carbonyl (C=O) groups excluding carboxylic acids is 1. The number of rotatable bonds is 5. The van der Waals surface area contributed by atoms with E-state index < -0.39 is 0 Å². The van der Waals surface area contributed by atoms with Gasteiger partial charge in [-0.2, -0.15) is 0 Å². The van der Waals surface area contributed by atoms with Crippen LogP contribution in [0.1, 0.15) is 46.5 Å². The van der Waals surface area contributed by atoms with Gasteiger partial charge in [0.05, 0.1) is 5.56 Å². The maximum absolute atomic E-state index is 12.9. The largest absolute Gasteiger partial charge is 0.334 e. The Balaban J connectivity index is 1.50. The lowest BCUT2D eigenvalue weighted by Gasteiger charge is -2.28. The van der Waals surface area contributed by atoms with E-state index in [2.05, 4.69) is 65.5 Å². The van der Waals surface area contributed by atoms with Crippen molar-refractivity contribution < 1.29 is 4.79 Å². The lowest BCUT2D eigenvalue weighted by molar-refractivity contribution is 0.0734. The Labute approximate surface area is 171 Å². The van der Waals surface area contributed by atoms with Gasteiger partial charge in [0.15, 0.2) is 0 Å². The van der Waals surface area contributed by atoms with Gasteiger partial charge in [-0.05, 0) is 41.5 Å². The number of amides is 1. The molecule has 0 bridgehead atoms. The minimum Gasteiger partial charge on any atom is -0.334 e. The van der Waals surface area contributed by atoms with E-state index in [4.69, 9.17) is 0 Å². The molecule has 1 amide bonds. The number of aryl methyl sites for hydroxylation is 2. The van der Waals surface area contributed by atoms with Gasteiger partial charge in [-0.1, -0.05) is 56.3 Å². The van der Waals surface area contributed by atoms with Crippen LogP contribution in [0.2, 0.25) is 0 Å². The van der Waals surface area contributed by atoms with Crippen molar-refractivity contribution in [1.29, 1.82) is 0 Å². The summed E-state index contributed by atoms with van der Waals surface area (Å²) in [5, 5.41) is 3.35. The zero-order valence-corrected chi connectivity index (χ0v) is 17.0. The monoisotopic (exact) mass is 386 g/mol. The topological polar surface area (TPSA) is 58.1 Å². The van der Waals surface area contributed by atoms with Gasteiger partial charge in [0.2, 0.25) is 5.95 Å². The van der Waals surface area contributed by atoms with E-state index in [0.717, 1.165) is 31.5 Å². The summed E-state index contributed by atoms with van der Waals surface area (Å²) in [6.07, 6.45) is 6.00. The summed E-state index contributed by atoms with van der Waals surface area (Å²) < 4.78 is 0. The normalized spacial score (nSPS) is 13.1. The molecule has 5 nitrogen and oxygen atoms in total. The molecule has 1 aromatic heterocycles. The van der Waals surface area contributed by atoms with Crippen molar-refractivity contribution in [2.75, 3.05) is 11.9 Å². The Bertz CT molecular complexity index is 991. The van der Waals surface area contributed by atoms with Crippen molar-refractivity contribution in [3.05, 3.63) is 82.7 Å². The summed E-state index contributed by atoms with van der Waals surface area (Å²) in [7, 11) is 0. The van der Waals surface area contributed by atoms with E-state index in [0.29, 0.717) is 18.1 Å². The van der Waals surface area contributed by atoms with E-state index in [1.165, 1.54) is 22.3 Å².